The Labute approximate surface area is 103 Å². The van der Waals surface area contributed by atoms with Crippen LogP contribution in [0.1, 0.15) is 12.8 Å². The Kier molecular flexibility index (Phi) is 2.65. The van der Waals surface area contributed by atoms with Gasteiger partial charge in [0.15, 0.2) is 0 Å². The van der Waals surface area contributed by atoms with E-state index in [1.54, 1.807) is 0 Å². The van der Waals surface area contributed by atoms with Crippen LogP contribution in [0.15, 0.2) is 45.8 Å². The number of halogens is 1. The van der Waals surface area contributed by atoms with Crippen molar-refractivity contribution in [1.82, 2.24) is 0 Å². The summed E-state index contributed by atoms with van der Waals surface area (Å²) in [6, 6.07) is 8.69. The molecule has 2 aliphatic carbocycles. The van der Waals surface area contributed by atoms with E-state index in [0.29, 0.717) is 0 Å². The van der Waals surface area contributed by atoms with E-state index in [-0.39, 0.29) is 0 Å². The fraction of sp³-hybridized carbons (Fsp3) is 0.385. The van der Waals surface area contributed by atoms with E-state index in [1.165, 1.54) is 22.2 Å². The maximum Gasteiger partial charge on any atom is 0.0176 e. The molecular weight excluding hydrogens is 268 g/mol. The number of hydrogen-bond donors (Lipinski definition) is 0. The molecule has 2 aliphatic rings. The fourth-order valence-corrected chi connectivity index (χ4v) is 4.18. The predicted molar refractivity (Wildman–Crippen MR) is 69.1 cm³/mol. The SMILES string of the molecule is Brc1ccc(S[C@@H]2C[C@H]3C=C[C@@H]2C3)cc1. The summed E-state index contributed by atoms with van der Waals surface area (Å²) < 4.78 is 1.17. The van der Waals surface area contributed by atoms with Gasteiger partial charge < -0.3 is 0 Å². The van der Waals surface area contributed by atoms with Crippen molar-refractivity contribution in [2.24, 2.45) is 11.8 Å². The Bertz CT molecular complexity index is 382. The molecule has 3 rings (SSSR count). The predicted octanol–water partition coefficient (Wildman–Crippen LogP) is 4.51. The molecule has 0 unspecified atom stereocenters. The van der Waals surface area contributed by atoms with Crippen LogP contribution in [-0.2, 0) is 0 Å². The van der Waals surface area contributed by atoms with Crippen molar-refractivity contribution in [2.45, 2.75) is 23.0 Å². The Morgan fingerprint density at radius 3 is 2.47 bits per heavy atom. The van der Waals surface area contributed by atoms with Crippen LogP contribution in [0, 0.1) is 11.8 Å². The number of fused-ring (bicyclic) bond motifs is 2. The topological polar surface area (TPSA) is 0 Å². The number of hydrogen-bond acceptors (Lipinski definition) is 1. The normalized spacial score (nSPS) is 32.5. The van der Waals surface area contributed by atoms with E-state index in [9.17, 15) is 0 Å². The summed E-state index contributed by atoms with van der Waals surface area (Å²) >= 11 is 5.52. The molecule has 0 heterocycles. The molecule has 78 valence electrons. The Morgan fingerprint density at radius 1 is 1.07 bits per heavy atom. The van der Waals surface area contributed by atoms with Crippen LogP contribution in [0.2, 0.25) is 0 Å². The minimum atomic E-state index is 0.821. The highest BCUT2D eigenvalue weighted by Gasteiger charge is 2.35. The molecule has 0 saturated heterocycles. The summed E-state index contributed by atoms with van der Waals surface area (Å²) in [5, 5.41) is 0.821. The van der Waals surface area contributed by atoms with Crippen LogP contribution in [0.3, 0.4) is 0 Å². The van der Waals surface area contributed by atoms with Gasteiger partial charge in [-0.25, -0.2) is 0 Å². The summed E-state index contributed by atoms with van der Waals surface area (Å²) in [5.74, 6) is 1.71. The van der Waals surface area contributed by atoms with Gasteiger partial charge in [0, 0.05) is 14.6 Å². The van der Waals surface area contributed by atoms with E-state index in [2.05, 4.69) is 64.1 Å². The van der Waals surface area contributed by atoms with Gasteiger partial charge in [0.2, 0.25) is 0 Å². The third-order valence-corrected chi connectivity index (χ3v) is 5.24. The first-order valence-electron chi connectivity index (χ1n) is 5.42. The molecule has 0 aliphatic heterocycles. The molecule has 1 aromatic rings. The van der Waals surface area contributed by atoms with Crippen LogP contribution in [0.4, 0.5) is 0 Å². The van der Waals surface area contributed by atoms with Crippen molar-refractivity contribution in [3.8, 4) is 0 Å². The average Bonchev–Trinajstić information content (AvgIpc) is 2.83. The van der Waals surface area contributed by atoms with Gasteiger partial charge in [-0.15, -0.1) is 11.8 Å². The molecule has 2 bridgehead atoms. The largest absolute Gasteiger partial charge is 0.122 e. The maximum absolute atomic E-state index is 3.47. The fourth-order valence-electron chi connectivity index (χ4n) is 2.55. The first kappa shape index (κ1) is 9.98. The minimum Gasteiger partial charge on any atom is -0.122 e. The monoisotopic (exact) mass is 280 g/mol. The second-order valence-electron chi connectivity index (χ2n) is 4.39. The highest BCUT2D eigenvalue weighted by atomic mass is 79.9. The van der Waals surface area contributed by atoms with Crippen molar-refractivity contribution in [3.63, 3.8) is 0 Å². The van der Waals surface area contributed by atoms with Crippen molar-refractivity contribution in [2.75, 3.05) is 0 Å². The third-order valence-electron chi connectivity index (χ3n) is 3.32. The third kappa shape index (κ3) is 2.02. The summed E-state index contributed by atoms with van der Waals surface area (Å²) in [6.07, 6.45) is 7.60. The standard InChI is InChI=1S/C13H13BrS/c14-11-3-5-12(6-4-11)15-13-8-9-1-2-10(13)7-9/h1-6,9-10,13H,7-8H2/t9-,10+,13+/m0/s1. The second-order valence-corrected chi connectivity index (χ2v) is 6.62. The van der Waals surface area contributed by atoms with Crippen LogP contribution in [-0.4, -0.2) is 5.25 Å². The lowest BCUT2D eigenvalue weighted by Crippen LogP contribution is -2.08. The first-order chi connectivity index (χ1) is 7.31. The van der Waals surface area contributed by atoms with E-state index in [4.69, 9.17) is 0 Å². The molecule has 2 heteroatoms. The summed E-state index contributed by atoms with van der Waals surface area (Å²) in [7, 11) is 0. The molecule has 0 aromatic heterocycles. The van der Waals surface area contributed by atoms with Crippen LogP contribution < -0.4 is 0 Å². The maximum atomic E-state index is 3.47. The van der Waals surface area contributed by atoms with Gasteiger partial charge in [-0.05, 0) is 48.9 Å². The van der Waals surface area contributed by atoms with Crippen LogP contribution >= 0.6 is 27.7 Å². The van der Waals surface area contributed by atoms with Gasteiger partial charge in [0.05, 0.1) is 0 Å². The Hall–Kier alpha value is -0.210. The van der Waals surface area contributed by atoms with Crippen molar-refractivity contribution in [3.05, 3.63) is 40.9 Å². The zero-order valence-electron chi connectivity index (χ0n) is 8.40. The smallest absolute Gasteiger partial charge is 0.0176 e. The molecule has 15 heavy (non-hydrogen) atoms. The molecular formula is C13H13BrS. The zero-order valence-corrected chi connectivity index (χ0v) is 10.8. The molecule has 0 amide bonds. The highest BCUT2D eigenvalue weighted by Crippen LogP contribution is 2.47. The van der Waals surface area contributed by atoms with Gasteiger partial charge in [-0.1, -0.05) is 28.1 Å². The Morgan fingerprint density at radius 2 is 1.87 bits per heavy atom. The second kappa shape index (κ2) is 3.99. The highest BCUT2D eigenvalue weighted by molar-refractivity contribution is 9.10. The minimum absolute atomic E-state index is 0.821. The van der Waals surface area contributed by atoms with E-state index < -0.39 is 0 Å². The molecule has 0 nitrogen and oxygen atoms in total. The summed E-state index contributed by atoms with van der Waals surface area (Å²) in [4.78, 5) is 1.41. The van der Waals surface area contributed by atoms with E-state index in [1.807, 2.05) is 0 Å². The average molecular weight is 281 g/mol. The zero-order chi connectivity index (χ0) is 10.3. The lowest BCUT2D eigenvalue weighted by Gasteiger charge is -2.17. The molecule has 1 aromatic carbocycles. The molecule has 0 radical (unpaired) electrons. The lowest BCUT2D eigenvalue weighted by atomic mass is 10.1. The van der Waals surface area contributed by atoms with Gasteiger partial charge in [-0.2, -0.15) is 0 Å². The van der Waals surface area contributed by atoms with Crippen molar-refractivity contribution < 1.29 is 0 Å². The van der Waals surface area contributed by atoms with E-state index >= 15 is 0 Å². The van der Waals surface area contributed by atoms with Crippen LogP contribution in [0.25, 0.3) is 0 Å². The number of thioether (sulfide) groups is 1. The van der Waals surface area contributed by atoms with Gasteiger partial charge in [0.25, 0.3) is 0 Å². The first-order valence-corrected chi connectivity index (χ1v) is 7.09. The summed E-state index contributed by atoms with van der Waals surface area (Å²) in [6.45, 7) is 0. The molecule has 3 atom stereocenters. The van der Waals surface area contributed by atoms with Gasteiger partial charge in [0.1, 0.15) is 0 Å². The van der Waals surface area contributed by atoms with Gasteiger partial charge in [-0.3, -0.25) is 0 Å². The number of allylic oxidation sites excluding steroid dienone is 2. The molecule has 1 saturated carbocycles. The number of benzene rings is 1. The number of rotatable bonds is 2. The quantitative estimate of drug-likeness (QED) is 0.719. The van der Waals surface area contributed by atoms with Crippen molar-refractivity contribution in [1.29, 1.82) is 0 Å². The van der Waals surface area contributed by atoms with E-state index in [0.717, 1.165) is 17.1 Å². The molecule has 0 N–H and O–H groups in total. The lowest BCUT2D eigenvalue weighted by molar-refractivity contribution is 0.692. The van der Waals surface area contributed by atoms with Gasteiger partial charge >= 0.3 is 0 Å². The molecule has 0 spiro atoms. The summed E-state index contributed by atoms with van der Waals surface area (Å²) in [5.41, 5.74) is 0. The van der Waals surface area contributed by atoms with Crippen LogP contribution in [0.5, 0.6) is 0 Å². The van der Waals surface area contributed by atoms with Crippen molar-refractivity contribution >= 4 is 27.7 Å². The molecule has 1 fully saturated rings. The Balaban J connectivity index is 1.71.